The van der Waals surface area contributed by atoms with Crippen molar-refractivity contribution in [2.24, 2.45) is 0 Å². The molecule has 102 valence electrons. The zero-order chi connectivity index (χ0) is 14.4. The van der Waals surface area contributed by atoms with Crippen LogP contribution in [0.3, 0.4) is 0 Å². The maximum absolute atomic E-state index is 13.2. The zero-order valence-corrected chi connectivity index (χ0v) is 10.5. The van der Waals surface area contributed by atoms with Crippen LogP contribution in [0.2, 0.25) is 0 Å². The van der Waals surface area contributed by atoms with Gasteiger partial charge in [-0.2, -0.15) is 0 Å². The molecule has 2 aromatic carbocycles. The molecule has 0 N–H and O–H groups in total. The molecule has 0 aliphatic heterocycles. The highest BCUT2D eigenvalue weighted by Gasteiger charge is 2.05. The molecular formula is C15H12FNO3. The number of nitrogens with zero attached hydrogens (tertiary/aromatic N) is 1. The summed E-state index contributed by atoms with van der Waals surface area (Å²) < 4.78 is 18.8. The van der Waals surface area contributed by atoms with Crippen molar-refractivity contribution in [3.8, 4) is 5.75 Å². The maximum atomic E-state index is 13.2. The van der Waals surface area contributed by atoms with Crippen LogP contribution < -0.4 is 4.74 Å². The number of halogens is 1. The van der Waals surface area contributed by atoms with E-state index in [0.717, 1.165) is 11.8 Å². The van der Waals surface area contributed by atoms with Crippen molar-refractivity contribution in [2.45, 2.75) is 6.61 Å². The van der Waals surface area contributed by atoms with Crippen molar-refractivity contribution in [3.05, 3.63) is 81.8 Å². The molecule has 2 rings (SSSR count). The van der Waals surface area contributed by atoms with Gasteiger partial charge in [0, 0.05) is 17.7 Å². The summed E-state index contributed by atoms with van der Waals surface area (Å²) in [5.74, 6) is -0.182. The highest BCUT2D eigenvalue weighted by Crippen LogP contribution is 2.22. The smallest absolute Gasteiger partial charge is 0.235 e. The second-order valence-electron chi connectivity index (χ2n) is 4.06. The minimum Gasteiger partial charge on any atom is -0.488 e. The van der Waals surface area contributed by atoms with Crippen LogP contribution in [0.25, 0.3) is 6.08 Å². The largest absolute Gasteiger partial charge is 0.488 e. The molecule has 0 unspecified atom stereocenters. The molecule has 0 amide bonds. The van der Waals surface area contributed by atoms with Crippen molar-refractivity contribution >= 4 is 6.08 Å². The fraction of sp³-hybridized carbons (Fsp3) is 0.0667. The summed E-state index contributed by atoms with van der Waals surface area (Å²) in [6, 6.07) is 13.3. The van der Waals surface area contributed by atoms with E-state index >= 15 is 0 Å². The third kappa shape index (κ3) is 3.91. The van der Waals surface area contributed by atoms with Crippen LogP contribution in [-0.4, -0.2) is 4.92 Å². The number of hydrogen-bond acceptors (Lipinski definition) is 3. The summed E-state index contributed by atoms with van der Waals surface area (Å²) >= 11 is 0. The minimum atomic E-state index is -0.579. The lowest BCUT2D eigenvalue weighted by Gasteiger charge is -2.09. The molecule has 0 aliphatic rings. The number of nitro groups is 1. The van der Waals surface area contributed by atoms with E-state index in [4.69, 9.17) is 4.74 Å². The molecule has 0 saturated heterocycles. The second-order valence-corrected chi connectivity index (χ2v) is 4.06. The van der Waals surface area contributed by atoms with E-state index in [1.807, 2.05) is 30.3 Å². The Kier molecular flexibility index (Phi) is 4.44. The Bertz CT molecular complexity index is 626. The van der Waals surface area contributed by atoms with Crippen LogP contribution in [0.15, 0.2) is 54.7 Å². The van der Waals surface area contributed by atoms with E-state index in [1.54, 1.807) is 0 Å². The lowest BCUT2D eigenvalue weighted by atomic mass is 10.2. The van der Waals surface area contributed by atoms with Crippen LogP contribution in [0.1, 0.15) is 11.1 Å². The van der Waals surface area contributed by atoms with Gasteiger partial charge in [-0.15, -0.1) is 0 Å². The summed E-state index contributed by atoms with van der Waals surface area (Å²) in [4.78, 5) is 9.76. The van der Waals surface area contributed by atoms with Gasteiger partial charge in [-0.1, -0.05) is 30.3 Å². The predicted octanol–water partition coefficient (Wildman–Crippen LogP) is 3.65. The van der Waals surface area contributed by atoms with Crippen LogP contribution in [0, 0.1) is 15.9 Å². The summed E-state index contributed by atoms with van der Waals surface area (Å²) in [6.07, 6.45) is 2.07. The quantitative estimate of drug-likeness (QED) is 0.617. The van der Waals surface area contributed by atoms with Gasteiger partial charge in [0.25, 0.3) is 0 Å². The molecular weight excluding hydrogens is 261 g/mol. The van der Waals surface area contributed by atoms with Gasteiger partial charge >= 0.3 is 0 Å². The van der Waals surface area contributed by atoms with Gasteiger partial charge in [-0.05, 0) is 17.7 Å². The van der Waals surface area contributed by atoms with E-state index in [0.29, 0.717) is 5.56 Å². The first-order valence-corrected chi connectivity index (χ1v) is 5.93. The highest BCUT2D eigenvalue weighted by atomic mass is 19.1. The monoisotopic (exact) mass is 273 g/mol. The summed E-state index contributed by atoms with van der Waals surface area (Å²) in [6.45, 7) is 0.267. The van der Waals surface area contributed by atoms with Gasteiger partial charge in [-0.3, -0.25) is 10.1 Å². The SMILES string of the molecule is O=[N+]([O-])/C=C/c1ccc(F)cc1OCc1ccccc1. The summed E-state index contributed by atoms with van der Waals surface area (Å²) in [5, 5.41) is 10.3. The van der Waals surface area contributed by atoms with Gasteiger partial charge in [0.15, 0.2) is 0 Å². The van der Waals surface area contributed by atoms with Gasteiger partial charge in [0.1, 0.15) is 18.2 Å². The Hall–Kier alpha value is -2.69. The average Bonchev–Trinajstić information content (AvgIpc) is 2.45. The topological polar surface area (TPSA) is 52.4 Å². The molecule has 2 aromatic rings. The lowest BCUT2D eigenvalue weighted by Crippen LogP contribution is -1.97. The molecule has 0 aliphatic carbocycles. The Morgan fingerprint density at radius 2 is 1.95 bits per heavy atom. The molecule has 0 bridgehead atoms. The average molecular weight is 273 g/mol. The summed E-state index contributed by atoms with van der Waals surface area (Å²) in [5.41, 5.74) is 1.39. The number of benzene rings is 2. The Balaban J connectivity index is 2.17. The van der Waals surface area contributed by atoms with E-state index < -0.39 is 10.7 Å². The van der Waals surface area contributed by atoms with E-state index in [1.165, 1.54) is 24.3 Å². The molecule has 4 nitrogen and oxygen atoms in total. The Labute approximate surface area is 115 Å². The predicted molar refractivity (Wildman–Crippen MR) is 73.2 cm³/mol. The summed E-state index contributed by atoms with van der Waals surface area (Å²) in [7, 11) is 0. The standard InChI is InChI=1S/C15H12FNO3/c16-14-7-6-13(8-9-17(18)19)15(10-14)20-11-12-4-2-1-3-5-12/h1-10H,11H2/b9-8+. The first kappa shape index (κ1) is 13.7. The van der Waals surface area contributed by atoms with Crippen LogP contribution >= 0.6 is 0 Å². The molecule has 0 atom stereocenters. The first-order valence-electron chi connectivity index (χ1n) is 5.93. The van der Waals surface area contributed by atoms with Crippen molar-refractivity contribution in [1.82, 2.24) is 0 Å². The molecule has 0 heterocycles. The van der Waals surface area contributed by atoms with Crippen molar-refractivity contribution in [3.63, 3.8) is 0 Å². The minimum absolute atomic E-state index is 0.267. The van der Waals surface area contributed by atoms with Crippen molar-refractivity contribution < 1.29 is 14.1 Å². The lowest BCUT2D eigenvalue weighted by molar-refractivity contribution is -0.400. The van der Waals surface area contributed by atoms with Gasteiger partial charge < -0.3 is 4.74 Å². The second kappa shape index (κ2) is 6.47. The van der Waals surface area contributed by atoms with Gasteiger partial charge in [-0.25, -0.2) is 4.39 Å². The molecule has 0 radical (unpaired) electrons. The fourth-order valence-corrected chi connectivity index (χ4v) is 1.65. The normalized spacial score (nSPS) is 10.7. The molecule has 0 spiro atoms. The molecule has 5 heteroatoms. The Morgan fingerprint density at radius 3 is 2.65 bits per heavy atom. The van der Waals surface area contributed by atoms with E-state index in [2.05, 4.69) is 0 Å². The van der Waals surface area contributed by atoms with Crippen LogP contribution in [0.5, 0.6) is 5.75 Å². The fourth-order valence-electron chi connectivity index (χ4n) is 1.65. The first-order chi connectivity index (χ1) is 9.65. The maximum Gasteiger partial charge on any atom is 0.235 e. The zero-order valence-electron chi connectivity index (χ0n) is 10.5. The molecule has 20 heavy (non-hydrogen) atoms. The number of ether oxygens (including phenoxy) is 1. The number of rotatable bonds is 5. The van der Waals surface area contributed by atoms with Gasteiger partial charge in [0.05, 0.1) is 4.92 Å². The van der Waals surface area contributed by atoms with Crippen molar-refractivity contribution in [2.75, 3.05) is 0 Å². The number of hydrogen-bond donors (Lipinski definition) is 0. The third-order valence-corrected chi connectivity index (χ3v) is 2.59. The van der Waals surface area contributed by atoms with Crippen molar-refractivity contribution in [1.29, 1.82) is 0 Å². The van der Waals surface area contributed by atoms with Crippen LogP contribution in [-0.2, 0) is 6.61 Å². The van der Waals surface area contributed by atoms with E-state index in [9.17, 15) is 14.5 Å². The third-order valence-electron chi connectivity index (χ3n) is 2.59. The highest BCUT2D eigenvalue weighted by molar-refractivity contribution is 5.56. The van der Waals surface area contributed by atoms with E-state index in [-0.39, 0.29) is 12.4 Å². The molecule has 0 aromatic heterocycles. The molecule has 0 fully saturated rings. The molecule has 0 saturated carbocycles. The van der Waals surface area contributed by atoms with Crippen LogP contribution in [0.4, 0.5) is 4.39 Å². The Morgan fingerprint density at radius 1 is 1.20 bits per heavy atom. The van der Waals surface area contributed by atoms with Gasteiger partial charge in [0.2, 0.25) is 6.20 Å².